The SMILES string of the molecule is Cc1cncc(NCc2cncs2)c1. The zero-order valence-corrected chi connectivity index (χ0v) is 8.71. The Morgan fingerprint density at radius 2 is 2.21 bits per heavy atom. The molecule has 2 heterocycles. The van der Waals surface area contributed by atoms with Crippen LogP contribution in [0.1, 0.15) is 10.4 Å². The van der Waals surface area contributed by atoms with E-state index in [0.29, 0.717) is 0 Å². The van der Waals surface area contributed by atoms with Gasteiger partial charge in [0.05, 0.1) is 17.7 Å². The number of aryl methyl sites for hydroxylation is 1. The van der Waals surface area contributed by atoms with E-state index in [9.17, 15) is 0 Å². The number of nitrogens with one attached hydrogen (secondary N) is 1. The summed E-state index contributed by atoms with van der Waals surface area (Å²) >= 11 is 1.65. The molecule has 2 aromatic rings. The molecule has 0 aliphatic rings. The maximum Gasteiger partial charge on any atom is 0.0794 e. The van der Waals surface area contributed by atoms with Crippen LogP contribution in [0.3, 0.4) is 0 Å². The van der Waals surface area contributed by atoms with Crippen LogP contribution in [0.15, 0.2) is 30.2 Å². The van der Waals surface area contributed by atoms with E-state index >= 15 is 0 Å². The number of nitrogens with zero attached hydrogens (tertiary/aromatic N) is 2. The fraction of sp³-hybridized carbons (Fsp3) is 0.200. The molecule has 2 rings (SSSR count). The van der Waals surface area contributed by atoms with E-state index in [1.807, 2.05) is 31.0 Å². The topological polar surface area (TPSA) is 37.8 Å². The average Bonchev–Trinajstić information content (AvgIpc) is 2.67. The maximum atomic E-state index is 4.11. The standard InChI is InChI=1S/C10H11N3S/c1-8-2-9(4-11-3-8)13-6-10-5-12-7-14-10/h2-5,7,13H,6H2,1H3. The van der Waals surface area contributed by atoms with E-state index in [-0.39, 0.29) is 0 Å². The van der Waals surface area contributed by atoms with Gasteiger partial charge in [-0.15, -0.1) is 11.3 Å². The molecule has 0 saturated carbocycles. The van der Waals surface area contributed by atoms with Crippen molar-refractivity contribution in [1.82, 2.24) is 9.97 Å². The Labute approximate surface area is 86.8 Å². The minimum atomic E-state index is 0.815. The largest absolute Gasteiger partial charge is 0.379 e. The Morgan fingerprint density at radius 3 is 2.93 bits per heavy atom. The normalized spacial score (nSPS) is 10.1. The van der Waals surface area contributed by atoms with E-state index in [0.717, 1.165) is 12.2 Å². The number of hydrogen-bond acceptors (Lipinski definition) is 4. The molecule has 2 aromatic heterocycles. The first-order valence-electron chi connectivity index (χ1n) is 4.37. The van der Waals surface area contributed by atoms with Crippen LogP contribution >= 0.6 is 11.3 Å². The van der Waals surface area contributed by atoms with Gasteiger partial charge in [-0.3, -0.25) is 9.97 Å². The van der Waals surface area contributed by atoms with Gasteiger partial charge in [0.15, 0.2) is 0 Å². The van der Waals surface area contributed by atoms with E-state index in [4.69, 9.17) is 0 Å². The first-order valence-corrected chi connectivity index (χ1v) is 5.25. The van der Waals surface area contributed by atoms with Gasteiger partial charge in [0.1, 0.15) is 0 Å². The van der Waals surface area contributed by atoms with Crippen molar-refractivity contribution >= 4 is 17.0 Å². The lowest BCUT2D eigenvalue weighted by Crippen LogP contribution is -1.97. The van der Waals surface area contributed by atoms with Crippen molar-refractivity contribution < 1.29 is 0 Å². The molecule has 0 aliphatic carbocycles. The molecule has 0 saturated heterocycles. The summed E-state index contributed by atoms with van der Waals surface area (Å²) in [6, 6.07) is 2.08. The number of anilines is 1. The van der Waals surface area contributed by atoms with Crippen LogP contribution in [0.2, 0.25) is 0 Å². The maximum absolute atomic E-state index is 4.11. The lowest BCUT2D eigenvalue weighted by atomic mass is 10.3. The van der Waals surface area contributed by atoms with Crippen LogP contribution in [0.4, 0.5) is 5.69 Å². The minimum absolute atomic E-state index is 0.815. The molecule has 0 aromatic carbocycles. The molecule has 4 heteroatoms. The molecular formula is C10H11N3S. The highest BCUT2D eigenvalue weighted by Gasteiger charge is 1.95. The van der Waals surface area contributed by atoms with Crippen molar-refractivity contribution in [3.05, 3.63) is 40.6 Å². The van der Waals surface area contributed by atoms with E-state index in [1.54, 1.807) is 11.3 Å². The van der Waals surface area contributed by atoms with E-state index < -0.39 is 0 Å². The summed E-state index contributed by atoms with van der Waals surface area (Å²) in [6.45, 7) is 2.85. The fourth-order valence-electron chi connectivity index (χ4n) is 1.17. The van der Waals surface area contributed by atoms with Gasteiger partial charge >= 0.3 is 0 Å². The number of thiazole rings is 1. The third kappa shape index (κ3) is 2.29. The van der Waals surface area contributed by atoms with Gasteiger partial charge in [-0.25, -0.2) is 0 Å². The third-order valence-corrected chi connectivity index (χ3v) is 2.60. The molecule has 3 nitrogen and oxygen atoms in total. The predicted octanol–water partition coefficient (Wildman–Crippen LogP) is 2.46. The molecule has 14 heavy (non-hydrogen) atoms. The second kappa shape index (κ2) is 4.19. The van der Waals surface area contributed by atoms with Gasteiger partial charge in [0, 0.05) is 23.5 Å². The highest BCUT2D eigenvalue weighted by molar-refractivity contribution is 7.09. The number of pyridine rings is 1. The van der Waals surface area contributed by atoms with Gasteiger partial charge in [-0.1, -0.05) is 0 Å². The van der Waals surface area contributed by atoms with Crippen LogP contribution in [-0.4, -0.2) is 9.97 Å². The van der Waals surface area contributed by atoms with Crippen molar-refractivity contribution in [3.63, 3.8) is 0 Å². The second-order valence-corrected chi connectivity index (χ2v) is 4.04. The van der Waals surface area contributed by atoms with Gasteiger partial charge in [0.2, 0.25) is 0 Å². The van der Waals surface area contributed by atoms with Crippen LogP contribution in [-0.2, 0) is 6.54 Å². The zero-order chi connectivity index (χ0) is 9.80. The molecule has 0 atom stereocenters. The number of hydrogen-bond donors (Lipinski definition) is 1. The monoisotopic (exact) mass is 205 g/mol. The van der Waals surface area contributed by atoms with Crippen molar-refractivity contribution in [2.24, 2.45) is 0 Å². The predicted molar refractivity (Wildman–Crippen MR) is 58.4 cm³/mol. The molecule has 0 bridgehead atoms. The lowest BCUT2D eigenvalue weighted by Gasteiger charge is -2.03. The molecule has 0 aliphatic heterocycles. The molecule has 0 amide bonds. The Balaban J connectivity index is 1.98. The summed E-state index contributed by atoms with van der Waals surface area (Å²) in [5.41, 5.74) is 4.06. The van der Waals surface area contributed by atoms with Crippen molar-refractivity contribution in [2.75, 3.05) is 5.32 Å². The molecule has 0 radical (unpaired) electrons. The Bertz CT molecular complexity index is 398. The highest BCUT2D eigenvalue weighted by atomic mass is 32.1. The van der Waals surface area contributed by atoms with Gasteiger partial charge in [-0.2, -0.15) is 0 Å². The fourth-order valence-corrected chi connectivity index (χ4v) is 1.70. The van der Waals surface area contributed by atoms with Crippen molar-refractivity contribution in [1.29, 1.82) is 0 Å². The summed E-state index contributed by atoms with van der Waals surface area (Å²) in [4.78, 5) is 9.35. The third-order valence-electron chi connectivity index (χ3n) is 1.83. The average molecular weight is 205 g/mol. The van der Waals surface area contributed by atoms with Gasteiger partial charge < -0.3 is 5.32 Å². The Kier molecular flexibility index (Phi) is 2.74. The second-order valence-electron chi connectivity index (χ2n) is 3.07. The summed E-state index contributed by atoms with van der Waals surface area (Å²) in [5.74, 6) is 0. The molecule has 0 unspecified atom stereocenters. The van der Waals surface area contributed by atoms with E-state index in [2.05, 4.69) is 21.4 Å². The van der Waals surface area contributed by atoms with Gasteiger partial charge in [-0.05, 0) is 18.6 Å². The molecule has 1 N–H and O–H groups in total. The smallest absolute Gasteiger partial charge is 0.0794 e. The summed E-state index contributed by atoms with van der Waals surface area (Å²) in [6.07, 6.45) is 5.55. The van der Waals surface area contributed by atoms with Crippen LogP contribution in [0.25, 0.3) is 0 Å². The Morgan fingerprint density at radius 1 is 1.29 bits per heavy atom. The minimum Gasteiger partial charge on any atom is -0.379 e. The highest BCUT2D eigenvalue weighted by Crippen LogP contribution is 2.11. The molecule has 0 spiro atoms. The quantitative estimate of drug-likeness (QED) is 0.836. The first-order chi connectivity index (χ1) is 6.84. The van der Waals surface area contributed by atoms with E-state index in [1.165, 1.54) is 10.4 Å². The molecular weight excluding hydrogens is 194 g/mol. The van der Waals surface area contributed by atoms with Crippen LogP contribution in [0.5, 0.6) is 0 Å². The van der Waals surface area contributed by atoms with Crippen molar-refractivity contribution in [2.45, 2.75) is 13.5 Å². The first kappa shape index (κ1) is 9.15. The molecule has 0 fully saturated rings. The molecule has 72 valence electrons. The summed E-state index contributed by atoms with van der Waals surface area (Å²) in [7, 11) is 0. The number of rotatable bonds is 3. The summed E-state index contributed by atoms with van der Waals surface area (Å²) < 4.78 is 0. The Hall–Kier alpha value is -1.42. The zero-order valence-electron chi connectivity index (χ0n) is 7.90. The van der Waals surface area contributed by atoms with Crippen molar-refractivity contribution in [3.8, 4) is 0 Å². The van der Waals surface area contributed by atoms with Crippen LogP contribution in [0, 0.1) is 6.92 Å². The number of aromatic nitrogens is 2. The van der Waals surface area contributed by atoms with Gasteiger partial charge in [0.25, 0.3) is 0 Å². The summed E-state index contributed by atoms with van der Waals surface area (Å²) in [5, 5.41) is 3.30. The lowest BCUT2D eigenvalue weighted by molar-refractivity contribution is 1.15. The van der Waals surface area contributed by atoms with Crippen LogP contribution < -0.4 is 5.32 Å².